The second-order valence-corrected chi connectivity index (χ2v) is 6.62. The van der Waals surface area contributed by atoms with E-state index in [0.717, 1.165) is 16.7 Å². The number of H-pyrrole nitrogens is 1. The first-order valence-corrected chi connectivity index (χ1v) is 8.73. The number of aryl methyl sites for hydroxylation is 1. The van der Waals surface area contributed by atoms with Crippen molar-refractivity contribution in [2.75, 3.05) is 6.54 Å². The Balaban J connectivity index is 1.45. The molecule has 26 heavy (non-hydrogen) atoms. The molecule has 0 aliphatic carbocycles. The average molecular weight is 355 g/mol. The van der Waals surface area contributed by atoms with Crippen molar-refractivity contribution >= 4 is 16.9 Å². The van der Waals surface area contributed by atoms with Crippen LogP contribution in [0.4, 0.5) is 0 Å². The Morgan fingerprint density at radius 3 is 2.96 bits per heavy atom. The van der Waals surface area contributed by atoms with Gasteiger partial charge in [-0.2, -0.15) is 5.10 Å². The number of hydrogen-bond donors (Lipinski definition) is 2. The largest absolute Gasteiger partial charge is 0.387 e. The molecular weight excluding hydrogens is 334 g/mol. The van der Waals surface area contributed by atoms with E-state index in [2.05, 4.69) is 10.1 Å². The number of fused-ring (bicyclic) bond motifs is 2. The second-order valence-electron chi connectivity index (χ2n) is 6.62. The molecule has 0 unspecified atom stereocenters. The fourth-order valence-electron chi connectivity index (χ4n) is 3.40. The molecule has 0 saturated carbocycles. The molecule has 2 aromatic heterocycles. The molecule has 4 rings (SSSR count). The summed E-state index contributed by atoms with van der Waals surface area (Å²) in [5.41, 5.74) is 2.93. The molecule has 1 atom stereocenters. The third-order valence-electron chi connectivity index (χ3n) is 4.83. The van der Waals surface area contributed by atoms with Gasteiger partial charge in [-0.25, -0.2) is 4.79 Å². The Bertz CT molecular complexity index is 1010. The average Bonchev–Trinajstić information content (AvgIpc) is 3.19. The molecule has 136 valence electrons. The van der Waals surface area contributed by atoms with Gasteiger partial charge in [0.1, 0.15) is 0 Å². The van der Waals surface area contributed by atoms with Crippen LogP contribution in [0.2, 0.25) is 0 Å². The number of hydrogen-bond acceptors (Lipinski definition) is 4. The van der Waals surface area contributed by atoms with E-state index in [-0.39, 0.29) is 18.0 Å². The van der Waals surface area contributed by atoms with Crippen molar-refractivity contribution in [3.8, 4) is 0 Å². The minimum Gasteiger partial charge on any atom is -0.387 e. The number of amides is 1. The van der Waals surface area contributed by atoms with Crippen molar-refractivity contribution in [1.29, 1.82) is 0 Å². The fraction of sp³-hybridized carbons (Fsp3) is 0.389. The standard InChI is InChI=1S/C18H21N5O3/c1-12(24)15-10-13-11-21(8-9-23(13)20-15)17(25)6-7-22-16-5-3-2-4-14(16)19-18(22)26/h2-5,10,12,24H,6-9,11H2,1H3,(H,19,26)/t12-/m0/s1. The SMILES string of the molecule is C[C@H](O)c1cc2n(n1)CCN(C(=O)CCn1c(=O)[nH]c3ccccc31)C2. The molecular formula is C18H21N5O3. The van der Waals surface area contributed by atoms with Crippen molar-refractivity contribution in [3.05, 3.63) is 52.2 Å². The molecule has 8 heteroatoms. The maximum absolute atomic E-state index is 12.6. The van der Waals surface area contributed by atoms with Gasteiger partial charge in [-0.1, -0.05) is 12.1 Å². The topological polar surface area (TPSA) is 96.2 Å². The third kappa shape index (κ3) is 2.92. The van der Waals surface area contributed by atoms with Crippen LogP contribution in [-0.4, -0.2) is 41.8 Å². The van der Waals surface area contributed by atoms with E-state index < -0.39 is 6.10 Å². The molecule has 8 nitrogen and oxygen atoms in total. The molecule has 0 spiro atoms. The number of rotatable bonds is 4. The third-order valence-corrected chi connectivity index (χ3v) is 4.83. The molecule has 0 radical (unpaired) electrons. The number of aromatic nitrogens is 4. The van der Waals surface area contributed by atoms with E-state index in [4.69, 9.17) is 0 Å². The lowest BCUT2D eigenvalue weighted by atomic mass is 10.2. The van der Waals surface area contributed by atoms with E-state index in [1.165, 1.54) is 0 Å². The Hall–Kier alpha value is -2.87. The van der Waals surface area contributed by atoms with Crippen LogP contribution in [0.1, 0.15) is 30.8 Å². The van der Waals surface area contributed by atoms with E-state index in [9.17, 15) is 14.7 Å². The summed E-state index contributed by atoms with van der Waals surface area (Å²) in [6.07, 6.45) is -0.356. The van der Waals surface area contributed by atoms with Crippen LogP contribution in [0, 0.1) is 0 Å². The number of para-hydroxylation sites is 2. The number of nitrogens with zero attached hydrogens (tertiary/aromatic N) is 4. The molecule has 0 bridgehead atoms. The number of benzene rings is 1. The van der Waals surface area contributed by atoms with Crippen LogP contribution in [0.5, 0.6) is 0 Å². The predicted octanol–water partition coefficient (Wildman–Crippen LogP) is 1.01. The lowest BCUT2D eigenvalue weighted by Gasteiger charge is -2.27. The van der Waals surface area contributed by atoms with E-state index in [1.54, 1.807) is 16.4 Å². The zero-order valence-corrected chi connectivity index (χ0v) is 14.6. The van der Waals surface area contributed by atoms with Gasteiger partial charge in [0.2, 0.25) is 5.91 Å². The highest BCUT2D eigenvalue weighted by molar-refractivity contribution is 5.77. The Morgan fingerprint density at radius 2 is 2.15 bits per heavy atom. The molecule has 1 aromatic carbocycles. The van der Waals surface area contributed by atoms with Gasteiger partial charge in [0.05, 0.1) is 41.6 Å². The van der Waals surface area contributed by atoms with E-state index >= 15 is 0 Å². The summed E-state index contributed by atoms with van der Waals surface area (Å²) >= 11 is 0. The molecule has 3 heterocycles. The van der Waals surface area contributed by atoms with Gasteiger partial charge in [0, 0.05) is 19.5 Å². The van der Waals surface area contributed by atoms with Gasteiger partial charge in [-0.15, -0.1) is 0 Å². The summed E-state index contributed by atoms with van der Waals surface area (Å²) in [7, 11) is 0. The summed E-state index contributed by atoms with van der Waals surface area (Å²) in [5, 5.41) is 14.0. The van der Waals surface area contributed by atoms with Gasteiger partial charge >= 0.3 is 5.69 Å². The first kappa shape index (κ1) is 16.6. The van der Waals surface area contributed by atoms with E-state index in [0.29, 0.717) is 31.9 Å². The summed E-state index contributed by atoms with van der Waals surface area (Å²) < 4.78 is 3.45. The first-order chi connectivity index (χ1) is 12.5. The monoisotopic (exact) mass is 355 g/mol. The number of aromatic amines is 1. The van der Waals surface area contributed by atoms with Gasteiger partial charge in [-0.3, -0.25) is 14.0 Å². The highest BCUT2D eigenvalue weighted by atomic mass is 16.3. The lowest BCUT2D eigenvalue weighted by Crippen LogP contribution is -2.39. The number of aliphatic hydroxyl groups is 1. The van der Waals surface area contributed by atoms with Crippen LogP contribution >= 0.6 is 0 Å². The number of carbonyl (C=O) groups is 1. The Labute approximate surface area is 149 Å². The molecule has 2 N–H and O–H groups in total. The van der Waals surface area contributed by atoms with Gasteiger partial charge < -0.3 is 15.0 Å². The summed E-state index contributed by atoms with van der Waals surface area (Å²) in [6, 6.07) is 9.30. The number of nitrogens with one attached hydrogen (secondary N) is 1. The smallest absolute Gasteiger partial charge is 0.326 e. The van der Waals surface area contributed by atoms with Gasteiger partial charge in [0.15, 0.2) is 0 Å². The first-order valence-electron chi connectivity index (χ1n) is 8.73. The Morgan fingerprint density at radius 1 is 1.35 bits per heavy atom. The summed E-state index contributed by atoms with van der Waals surface area (Å²) in [5.74, 6) is 0.00762. The van der Waals surface area contributed by atoms with Crippen molar-refractivity contribution in [3.63, 3.8) is 0 Å². The number of aliphatic hydroxyl groups excluding tert-OH is 1. The van der Waals surface area contributed by atoms with Gasteiger partial charge in [-0.05, 0) is 25.1 Å². The molecule has 0 saturated heterocycles. The van der Waals surface area contributed by atoms with Crippen LogP contribution in [0.15, 0.2) is 35.1 Å². The number of carbonyl (C=O) groups excluding carboxylic acids is 1. The quantitative estimate of drug-likeness (QED) is 0.730. The van der Waals surface area contributed by atoms with Crippen LogP contribution < -0.4 is 5.69 Å². The lowest BCUT2D eigenvalue weighted by molar-refractivity contribution is -0.132. The summed E-state index contributed by atoms with van der Waals surface area (Å²) in [4.78, 5) is 29.3. The van der Waals surface area contributed by atoms with Crippen molar-refractivity contribution in [1.82, 2.24) is 24.2 Å². The van der Waals surface area contributed by atoms with Gasteiger partial charge in [0.25, 0.3) is 0 Å². The highest BCUT2D eigenvalue weighted by Gasteiger charge is 2.23. The van der Waals surface area contributed by atoms with Crippen molar-refractivity contribution < 1.29 is 9.90 Å². The minimum atomic E-state index is -0.619. The normalized spacial score (nSPS) is 15.2. The second kappa shape index (κ2) is 6.45. The molecule has 3 aromatic rings. The van der Waals surface area contributed by atoms with Crippen LogP contribution in [-0.2, 0) is 24.4 Å². The summed E-state index contributed by atoms with van der Waals surface area (Å²) in [6.45, 7) is 3.68. The molecule has 1 aliphatic rings. The van der Waals surface area contributed by atoms with Crippen LogP contribution in [0.25, 0.3) is 11.0 Å². The zero-order valence-electron chi connectivity index (χ0n) is 14.6. The highest BCUT2D eigenvalue weighted by Crippen LogP contribution is 2.18. The van der Waals surface area contributed by atoms with Crippen molar-refractivity contribution in [2.24, 2.45) is 0 Å². The maximum atomic E-state index is 12.6. The molecule has 1 amide bonds. The minimum absolute atomic E-state index is 0.00762. The predicted molar refractivity (Wildman–Crippen MR) is 95.5 cm³/mol. The maximum Gasteiger partial charge on any atom is 0.326 e. The van der Waals surface area contributed by atoms with Crippen LogP contribution in [0.3, 0.4) is 0 Å². The fourth-order valence-corrected chi connectivity index (χ4v) is 3.40. The molecule has 0 fully saturated rings. The zero-order chi connectivity index (χ0) is 18.3. The number of imidazole rings is 1. The Kier molecular flexibility index (Phi) is 4.12. The molecule has 1 aliphatic heterocycles. The van der Waals surface area contributed by atoms with E-state index in [1.807, 2.05) is 35.0 Å². The van der Waals surface area contributed by atoms with Crippen molar-refractivity contribution in [2.45, 2.75) is 39.1 Å².